The zero-order valence-electron chi connectivity index (χ0n) is 11.0. The fourth-order valence-electron chi connectivity index (χ4n) is 2.21. The second-order valence-corrected chi connectivity index (χ2v) is 5.51. The van der Waals surface area contributed by atoms with Crippen LogP contribution >= 0.6 is 11.3 Å². The van der Waals surface area contributed by atoms with E-state index in [2.05, 4.69) is 47.3 Å². The van der Waals surface area contributed by atoms with Crippen molar-refractivity contribution < 1.29 is 0 Å². The minimum Gasteiger partial charge on any atom is -0.306 e. The predicted molar refractivity (Wildman–Crippen MR) is 80.0 cm³/mol. The smallest absolute Gasteiger partial charge is 0.0641 e. The minimum absolute atomic E-state index is 0.111. The molecule has 98 valence electrons. The SMILES string of the molecule is CC(Cc1ccsc1)NC(CC#N)c1ccccc1. The molecule has 0 aliphatic rings. The quantitative estimate of drug-likeness (QED) is 0.863. The predicted octanol–water partition coefficient (Wildman–Crippen LogP) is 3.92. The molecule has 0 radical (unpaired) electrons. The normalized spacial score (nSPS) is 13.7. The van der Waals surface area contributed by atoms with Crippen LogP contribution in [0.15, 0.2) is 47.2 Å². The molecule has 0 amide bonds. The molecule has 0 spiro atoms. The van der Waals surface area contributed by atoms with Gasteiger partial charge in [0.15, 0.2) is 0 Å². The molecule has 2 unspecified atom stereocenters. The first-order valence-corrected chi connectivity index (χ1v) is 7.43. The highest BCUT2D eigenvalue weighted by Gasteiger charge is 2.14. The number of hydrogen-bond donors (Lipinski definition) is 1. The second kappa shape index (κ2) is 7.08. The summed E-state index contributed by atoms with van der Waals surface area (Å²) in [5.41, 5.74) is 2.54. The van der Waals surface area contributed by atoms with E-state index in [1.54, 1.807) is 11.3 Å². The summed E-state index contributed by atoms with van der Waals surface area (Å²) in [6, 6.07) is 15.1. The van der Waals surface area contributed by atoms with E-state index >= 15 is 0 Å². The highest BCUT2D eigenvalue weighted by Crippen LogP contribution is 2.18. The standard InChI is InChI=1S/C16H18N2S/c1-13(11-14-8-10-19-12-14)18-16(7-9-17)15-5-3-2-4-6-15/h2-6,8,10,12-13,16,18H,7,11H2,1H3. The number of nitrogens with zero attached hydrogens (tertiary/aromatic N) is 1. The lowest BCUT2D eigenvalue weighted by molar-refractivity contribution is 0.458. The van der Waals surface area contributed by atoms with E-state index in [4.69, 9.17) is 5.26 Å². The second-order valence-electron chi connectivity index (χ2n) is 4.73. The molecule has 0 saturated carbocycles. The molecule has 0 bridgehead atoms. The van der Waals surface area contributed by atoms with Gasteiger partial charge in [0, 0.05) is 12.1 Å². The molecule has 19 heavy (non-hydrogen) atoms. The summed E-state index contributed by atoms with van der Waals surface area (Å²) in [5, 5.41) is 16.8. The molecule has 2 rings (SSSR count). The van der Waals surface area contributed by atoms with Crippen LogP contribution in [0.4, 0.5) is 0 Å². The molecular formula is C16H18N2S. The van der Waals surface area contributed by atoms with Crippen molar-refractivity contribution >= 4 is 11.3 Å². The lowest BCUT2D eigenvalue weighted by Crippen LogP contribution is -2.32. The molecule has 2 atom stereocenters. The van der Waals surface area contributed by atoms with Gasteiger partial charge in [0.25, 0.3) is 0 Å². The summed E-state index contributed by atoms with van der Waals surface area (Å²) < 4.78 is 0. The van der Waals surface area contributed by atoms with Crippen molar-refractivity contribution in [1.29, 1.82) is 5.26 Å². The third kappa shape index (κ3) is 4.20. The van der Waals surface area contributed by atoms with E-state index in [-0.39, 0.29) is 6.04 Å². The maximum absolute atomic E-state index is 8.98. The number of hydrogen-bond acceptors (Lipinski definition) is 3. The summed E-state index contributed by atoms with van der Waals surface area (Å²) in [7, 11) is 0. The largest absolute Gasteiger partial charge is 0.306 e. The topological polar surface area (TPSA) is 35.8 Å². The van der Waals surface area contributed by atoms with E-state index in [9.17, 15) is 0 Å². The lowest BCUT2D eigenvalue weighted by atomic mass is 10.0. The van der Waals surface area contributed by atoms with Crippen LogP contribution in [0.1, 0.15) is 30.5 Å². The van der Waals surface area contributed by atoms with Crippen molar-refractivity contribution in [2.24, 2.45) is 0 Å². The summed E-state index contributed by atoms with van der Waals surface area (Å²) in [5.74, 6) is 0. The third-order valence-corrected chi connectivity index (χ3v) is 3.84. The van der Waals surface area contributed by atoms with Gasteiger partial charge in [0.2, 0.25) is 0 Å². The molecule has 0 aliphatic carbocycles. The van der Waals surface area contributed by atoms with E-state index in [0.29, 0.717) is 12.5 Å². The van der Waals surface area contributed by atoms with E-state index in [0.717, 1.165) is 6.42 Å². The Morgan fingerprint density at radius 3 is 2.68 bits per heavy atom. The third-order valence-electron chi connectivity index (χ3n) is 3.11. The summed E-state index contributed by atoms with van der Waals surface area (Å²) in [6.07, 6.45) is 1.50. The number of benzene rings is 1. The molecule has 1 aromatic heterocycles. The Kier molecular flexibility index (Phi) is 5.14. The molecule has 0 saturated heterocycles. The summed E-state index contributed by atoms with van der Waals surface area (Å²) in [4.78, 5) is 0. The number of nitriles is 1. The Bertz CT molecular complexity index is 513. The maximum Gasteiger partial charge on any atom is 0.0641 e. The fourth-order valence-corrected chi connectivity index (χ4v) is 2.90. The molecule has 0 aliphatic heterocycles. The van der Waals surface area contributed by atoms with Crippen LogP contribution < -0.4 is 5.32 Å². The van der Waals surface area contributed by atoms with Crippen LogP contribution in [0, 0.1) is 11.3 Å². The zero-order valence-corrected chi connectivity index (χ0v) is 11.9. The molecule has 1 heterocycles. The van der Waals surface area contributed by atoms with Crippen molar-refractivity contribution in [1.82, 2.24) is 5.32 Å². The Hall–Kier alpha value is -1.63. The highest BCUT2D eigenvalue weighted by molar-refractivity contribution is 7.07. The molecular weight excluding hydrogens is 252 g/mol. The summed E-state index contributed by atoms with van der Waals surface area (Å²) >= 11 is 1.73. The maximum atomic E-state index is 8.98. The highest BCUT2D eigenvalue weighted by atomic mass is 32.1. The molecule has 2 aromatic rings. The summed E-state index contributed by atoms with van der Waals surface area (Å²) in [6.45, 7) is 2.17. The Morgan fingerprint density at radius 2 is 2.05 bits per heavy atom. The zero-order chi connectivity index (χ0) is 13.5. The van der Waals surface area contributed by atoms with Gasteiger partial charge in [0.1, 0.15) is 0 Å². The first-order chi connectivity index (χ1) is 9.29. The minimum atomic E-state index is 0.111. The van der Waals surface area contributed by atoms with Gasteiger partial charge >= 0.3 is 0 Å². The van der Waals surface area contributed by atoms with Crippen molar-refractivity contribution in [3.63, 3.8) is 0 Å². The van der Waals surface area contributed by atoms with Crippen molar-refractivity contribution in [2.45, 2.75) is 31.8 Å². The number of rotatable bonds is 6. The van der Waals surface area contributed by atoms with Gasteiger partial charge in [-0.25, -0.2) is 0 Å². The van der Waals surface area contributed by atoms with E-state index in [1.807, 2.05) is 18.2 Å². The first-order valence-electron chi connectivity index (χ1n) is 6.48. The molecule has 3 heteroatoms. The molecule has 1 N–H and O–H groups in total. The first kappa shape index (κ1) is 13.8. The molecule has 1 aromatic carbocycles. The average Bonchev–Trinajstić information content (AvgIpc) is 2.92. The monoisotopic (exact) mass is 270 g/mol. The molecule has 0 fully saturated rings. The van der Waals surface area contributed by atoms with Gasteiger partial charge in [0.05, 0.1) is 12.5 Å². The van der Waals surface area contributed by atoms with Crippen LogP contribution in [-0.2, 0) is 6.42 Å². The number of thiophene rings is 1. The average molecular weight is 270 g/mol. The number of nitrogens with one attached hydrogen (secondary N) is 1. The van der Waals surface area contributed by atoms with Crippen molar-refractivity contribution in [3.8, 4) is 6.07 Å². The van der Waals surface area contributed by atoms with Crippen LogP contribution in [0.3, 0.4) is 0 Å². The van der Waals surface area contributed by atoms with Gasteiger partial charge < -0.3 is 5.32 Å². The van der Waals surface area contributed by atoms with Crippen LogP contribution in [0.2, 0.25) is 0 Å². The van der Waals surface area contributed by atoms with E-state index < -0.39 is 0 Å². The Labute approximate surface area is 118 Å². The van der Waals surface area contributed by atoms with Gasteiger partial charge in [-0.2, -0.15) is 16.6 Å². The van der Waals surface area contributed by atoms with Crippen LogP contribution in [0.25, 0.3) is 0 Å². The van der Waals surface area contributed by atoms with Crippen molar-refractivity contribution in [3.05, 3.63) is 58.3 Å². The lowest BCUT2D eigenvalue weighted by Gasteiger charge is -2.21. The van der Waals surface area contributed by atoms with Gasteiger partial charge in [-0.05, 0) is 41.3 Å². The van der Waals surface area contributed by atoms with Gasteiger partial charge in [-0.1, -0.05) is 30.3 Å². The van der Waals surface area contributed by atoms with Crippen LogP contribution in [0.5, 0.6) is 0 Å². The fraction of sp³-hybridized carbons (Fsp3) is 0.312. The Balaban J connectivity index is 1.99. The van der Waals surface area contributed by atoms with Gasteiger partial charge in [-0.3, -0.25) is 0 Å². The van der Waals surface area contributed by atoms with Gasteiger partial charge in [-0.15, -0.1) is 0 Å². The van der Waals surface area contributed by atoms with E-state index in [1.165, 1.54) is 11.1 Å². The molecule has 2 nitrogen and oxygen atoms in total. The van der Waals surface area contributed by atoms with Crippen LogP contribution in [-0.4, -0.2) is 6.04 Å². The van der Waals surface area contributed by atoms with Crippen molar-refractivity contribution in [2.75, 3.05) is 0 Å². The Morgan fingerprint density at radius 1 is 1.26 bits per heavy atom.